The summed E-state index contributed by atoms with van der Waals surface area (Å²) in [6.07, 6.45) is 1.60. The molecule has 2 aromatic heterocycles. The van der Waals surface area contributed by atoms with E-state index >= 15 is 0 Å². The molecule has 0 aromatic carbocycles. The van der Waals surface area contributed by atoms with Gasteiger partial charge in [-0.25, -0.2) is 4.98 Å². The third-order valence-corrected chi connectivity index (χ3v) is 3.23. The van der Waals surface area contributed by atoms with E-state index in [0.29, 0.717) is 12.2 Å². The van der Waals surface area contributed by atoms with Gasteiger partial charge in [-0.3, -0.25) is 0 Å². The maximum absolute atomic E-state index is 8.85. The Morgan fingerprint density at radius 1 is 1.44 bits per heavy atom. The Bertz CT molecular complexity index is 530. The lowest BCUT2D eigenvalue weighted by molar-refractivity contribution is 1.16. The van der Waals surface area contributed by atoms with Crippen LogP contribution in [-0.2, 0) is 6.54 Å². The van der Waals surface area contributed by atoms with Crippen LogP contribution in [0.15, 0.2) is 30.5 Å². The smallest absolute Gasteiger partial charge is 0.163 e. The van der Waals surface area contributed by atoms with E-state index in [0.717, 1.165) is 14.9 Å². The second-order valence-corrected chi connectivity index (χ2v) is 4.87. The Balaban J connectivity index is 2.08. The molecule has 2 aromatic rings. The molecule has 0 saturated carbocycles. The molecule has 0 fully saturated rings. The first-order chi connectivity index (χ1) is 7.79. The van der Waals surface area contributed by atoms with Crippen LogP contribution >= 0.6 is 22.9 Å². The third-order valence-electron chi connectivity index (χ3n) is 2.00. The minimum absolute atomic E-state index is 0.408. The Kier molecular flexibility index (Phi) is 3.40. The maximum Gasteiger partial charge on any atom is 0.163 e. The van der Waals surface area contributed by atoms with Gasteiger partial charge in [0.05, 0.1) is 10.0 Å². The Morgan fingerprint density at radius 2 is 2.31 bits per heavy atom. The molecule has 2 rings (SSSR count). The van der Waals surface area contributed by atoms with Gasteiger partial charge in [-0.15, -0.1) is 11.3 Å². The highest BCUT2D eigenvalue weighted by molar-refractivity contribution is 7.16. The van der Waals surface area contributed by atoms with E-state index in [4.69, 9.17) is 16.9 Å². The average molecular weight is 250 g/mol. The summed E-state index contributed by atoms with van der Waals surface area (Å²) in [5.74, 6) is 0. The zero-order chi connectivity index (χ0) is 11.4. The predicted octanol–water partition coefficient (Wildman–Crippen LogP) is 3.28. The number of nitrogens with one attached hydrogen (secondary N) is 1. The summed E-state index contributed by atoms with van der Waals surface area (Å²) in [4.78, 5) is 5.09. The topological polar surface area (TPSA) is 48.7 Å². The predicted molar refractivity (Wildman–Crippen MR) is 65.6 cm³/mol. The van der Waals surface area contributed by atoms with Crippen molar-refractivity contribution in [2.75, 3.05) is 5.32 Å². The second kappa shape index (κ2) is 4.97. The fraction of sp³-hybridized carbons (Fsp3) is 0.0909. The number of hydrogen-bond donors (Lipinski definition) is 1. The third kappa shape index (κ3) is 2.51. The molecule has 16 heavy (non-hydrogen) atoms. The summed E-state index contributed by atoms with van der Waals surface area (Å²) in [5.41, 5.74) is 1.15. The van der Waals surface area contributed by atoms with E-state index in [1.807, 2.05) is 24.3 Å². The normalized spacial score (nSPS) is 9.75. The zero-order valence-corrected chi connectivity index (χ0v) is 9.85. The lowest BCUT2D eigenvalue weighted by atomic mass is 10.3. The van der Waals surface area contributed by atoms with Crippen LogP contribution in [0, 0.1) is 11.3 Å². The Hall–Kier alpha value is -1.57. The SMILES string of the molecule is N#Cc1ncccc1NCc1ccc(Cl)s1. The number of pyridine rings is 1. The molecule has 3 nitrogen and oxygen atoms in total. The van der Waals surface area contributed by atoms with Crippen molar-refractivity contribution in [2.24, 2.45) is 0 Å². The van der Waals surface area contributed by atoms with Crippen molar-refractivity contribution in [1.29, 1.82) is 5.26 Å². The fourth-order valence-electron chi connectivity index (χ4n) is 1.27. The summed E-state index contributed by atoms with van der Waals surface area (Å²) >= 11 is 7.35. The van der Waals surface area contributed by atoms with Gasteiger partial charge >= 0.3 is 0 Å². The molecule has 5 heteroatoms. The van der Waals surface area contributed by atoms with E-state index in [-0.39, 0.29) is 0 Å². The Morgan fingerprint density at radius 3 is 3.00 bits per heavy atom. The minimum Gasteiger partial charge on any atom is -0.378 e. The lowest BCUT2D eigenvalue weighted by Crippen LogP contribution is -2.00. The van der Waals surface area contributed by atoms with Gasteiger partial charge in [0.15, 0.2) is 5.69 Å². The largest absolute Gasteiger partial charge is 0.378 e. The van der Waals surface area contributed by atoms with Crippen LogP contribution in [0.4, 0.5) is 5.69 Å². The molecule has 0 aliphatic carbocycles. The van der Waals surface area contributed by atoms with Gasteiger partial charge < -0.3 is 5.32 Å². The Labute approximate surface area is 102 Å². The first-order valence-electron chi connectivity index (χ1n) is 4.63. The number of nitrogens with zero attached hydrogens (tertiary/aromatic N) is 2. The molecule has 1 N–H and O–H groups in total. The van der Waals surface area contributed by atoms with Crippen molar-refractivity contribution in [1.82, 2.24) is 4.98 Å². The van der Waals surface area contributed by atoms with Crippen molar-refractivity contribution in [2.45, 2.75) is 6.54 Å². The van der Waals surface area contributed by atoms with Gasteiger partial charge in [0.1, 0.15) is 6.07 Å². The lowest BCUT2D eigenvalue weighted by Gasteiger charge is -2.05. The van der Waals surface area contributed by atoms with Crippen molar-refractivity contribution >= 4 is 28.6 Å². The summed E-state index contributed by atoms with van der Waals surface area (Å²) < 4.78 is 0.767. The number of nitriles is 1. The van der Waals surface area contributed by atoms with Crippen LogP contribution < -0.4 is 5.32 Å². The molecule has 80 valence electrons. The van der Waals surface area contributed by atoms with Gasteiger partial charge in [0, 0.05) is 17.6 Å². The maximum atomic E-state index is 8.85. The van der Waals surface area contributed by atoms with Crippen LogP contribution in [0.1, 0.15) is 10.6 Å². The van der Waals surface area contributed by atoms with E-state index in [1.165, 1.54) is 11.3 Å². The second-order valence-electron chi connectivity index (χ2n) is 3.07. The highest BCUT2D eigenvalue weighted by atomic mass is 35.5. The van der Waals surface area contributed by atoms with Gasteiger partial charge in [-0.1, -0.05) is 11.6 Å². The summed E-state index contributed by atoms with van der Waals surface area (Å²) in [5, 5.41) is 12.0. The average Bonchev–Trinajstić information content (AvgIpc) is 2.73. The molecule has 0 saturated heterocycles. The highest BCUT2D eigenvalue weighted by Crippen LogP contribution is 2.22. The molecular weight excluding hydrogens is 242 g/mol. The monoisotopic (exact) mass is 249 g/mol. The molecule has 0 atom stereocenters. The summed E-state index contributed by atoms with van der Waals surface area (Å²) in [6.45, 7) is 0.651. The first-order valence-corrected chi connectivity index (χ1v) is 5.82. The van der Waals surface area contributed by atoms with E-state index in [2.05, 4.69) is 10.3 Å². The van der Waals surface area contributed by atoms with E-state index in [1.54, 1.807) is 12.3 Å². The molecule has 2 heterocycles. The van der Waals surface area contributed by atoms with Crippen molar-refractivity contribution < 1.29 is 0 Å². The molecule has 0 bridgehead atoms. The molecule has 0 radical (unpaired) electrons. The van der Waals surface area contributed by atoms with Crippen LogP contribution in [0.5, 0.6) is 0 Å². The van der Waals surface area contributed by atoms with Crippen molar-refractivity contribution in [3.63, 3.8) is 0 Å². The minimum atomic E-state index is 0.408. The van der Waals surface area contributed by atoms with Gasteiger partial charge in [0.25, 0.3) is 0 Å². The van der Waals surface area contributed by atoms with Crippen LogP contribution in [-0.4, -0.2) is 4.98 Å². The molecule has 0 aliphatic rings. The van der Waals surface area contributed by atoms with Gasteiger partial charge in [0.2, 0.25) is 0 Å². The number of hydrogen-bond acceptors (Lipinski definition) is 4. The molecule has 0 unspecified atom stereocenters. The number of halogens is 1. The van der Waals surface area contributed by atoms with Crippen molar-refractivity contribution in [3.05, 3.63) is 45.4 Å². The van der Waals surface area contributed by atoms with Crippen LogP contribution in [0.2, 0.25) is 4.34 Å². The number of rotatable bonds is 3. The molecular formula is C11H8ClN3S. The van der Waals surface area contributed by atoms with Crippen molar-refractivity contribution in [3.8, 4) is 6.07 Å². The standard InChI is InChI=1S/C11H8ClN3S/c12-11-4-3-8(16-11)7-15-9-2-1-5-14-10(9)6-13/h1-5,15H,7H2. The molecule has 0 spiro atoms. The summed E-state index contributed by atoms with van der Waals surface area (Å²) in [6, 6.07) is 9.49. The molecule has 0 amide bonds. The first kappa shape index (κ1) is 10.9. The van der Waals surface area contributed by atoms with E-state index < -0.39 is 0 Å². The number of thiophene rings is 1. The highest BCUT2D eigenvalue weighted by Gasteiger charge is 2.02. The zero-order valence-electron chi connectivity index (χ0n) is 8.27. The fourth-order valence-corrected chi connectivity index (χ4v) is 2.29. The van der Waals surface area contributed by atoms with Crippen LogP contribution in [0.25, 0.3) is 0 Å². The van der Waals surface area contributed by atoms with Crippen LogP contribution in [0.3, 0.4) is 0 Å². The molecule has 0 aliphatic heterocycles. The summed E-state index contributed by atoms with van der Waals surface area (Å²) in [7, 11) is 0. The van der Waals surface area contributed by atoms with Gasteiger partial charge in [-0.2, -0.15) is 5.26 Å². The number of aromatic nitrogens is 1. The number of anilines is 1. The van der Waals surface area contributed by atoms with E-state index in [9.17, 15) is 0 Å². The quantitative estimate of drug-likeness (QED) is 0.908. The van der Waals surface area contributed by atoms with Gasteiger partial charge in [-0.05, 0) is 24.3 Å².